The van der Waals surface area contributed by atoms with E-state index in [2.05, 4.69) is 15.2 Å². The molecule has 0 saturated carbocycles. The van der Waals surface area contributed by atoms with Crippen molar-refractivity contribution in [1.82, 2.24) is 4.73 Å². The molecule has 0 spiro atoms. The molecule has 0 aromatic carbocycles. The number of aliphatic imine (C=N–C) groups is 1. The molecule has 0 aliphatic heterocycles. The van der Waals surface area contributed by atoms with E-state index in [1.54, 1.807) is 24.3 Å². The van der Waals surface area contributed by atoms with E-state index in [0.29, 0.717) is 11.4 Å². The molecular formula is C15H16N4O2. The second-order valence-corrected chi connectivity index (χ2v) is 4.66. The zero-order valence-corrected chi connectivity index (χ0v) is 12.1. The van der Waals surface area contributed by atoms with Crippen molar-refractivity contribution in [3.05, 3.63) is 53.2 Å². The second kappa shape index (κ2) is 6.13. The summed E-state index contributed by atoms with van der Waals surface area (Å²) in [6.45, 7) is 5.27. The summed E-state index contributed by atoms with van der Waals surface area (Å²) in [5.74, 6) is -0.299. The molecule has 0 saturated heterocycles. The van der Waals surface area contributed by atoms with Crippen molar-refractivity contribution in [2.24, 2.45) is 15.2 Å². The number of aromatic nitrogens is 1. The molecule has 1 aromatic heterocycles. The van der Waals surface area contributed by atoms with Gasteiger partial charge < -0.3 is 5.21 Å². The first-order chi connectivity index (χ1) is 9.97. The first-order valence-corrected chi connectivity index (χ1v) is 6.42. The van der Waals surface area contributed by atoms with Gasteiger partial charge in [0.1, 0.15) is 5.71 Å². The Kier molecular flexibility index (Phi) is 4.27. The summed E-state index contributed by atoms with van der Waals surface area (Å²) in [5.41, 5.74) is 3.28. The number of hydrogen-bond donors (Lipinski definition) is 1. The molecule has 2 rings (SSSR count). The standard InChI is InChI=1S/C15H16N4O2/c1-10-8-13(16-12(3)20)14(9-11(10)2)17-18-15-6-4-5-7-19(15)21/h4-9,21H,1-3H3. The van der Waals surface area contributed by atoms with Crippen molar-refractivity contribution in [2.45, 2.75) is 20.8 Å². The number of rotatable bonds is 1. The lowest BCUT2D eigenvalue weighted by Gasteiger charge is -2.11. The molecule has 1 N–H and O–H groups in total. The number of amides is 1. The third-order valence-electron chi connectivity index (χ3n) is 2.95. The summed E-state index contributed by atoms with van der Waals surface area (Å²) in [7, 11) is 0. The van der Waals surface area contributed by atoms with Crippen LogP contribution in [-0.2, 0) is 4.79 Å². The predicted octanol–water partition coefficient (Wildman–Crippen LogP) is 1.88. The van der Waals surface area contributed by atoms with Crippen LogP contribution in [0, 0.1) is 0 Å². The Morgan fingerprint density at radius 2 is 1.76 bits per heavy atom. The Hall–Kier alpha value is -2.76. The fourth-order valence-corrected chi connectivity index (χ4v) is 1.73. The number of hydrogen-bond acceptors (Lipinski definition) is 4. The normalized spacial score (nSPS) is 19.7. The summed E-state index contributed by atoms with van der Waals surface area (Å²) in [5, 5.41) is 17.7. The molecule has 1 amide bonds. The van der Waals surface area contributed by atoms with Crippen molar-refractivity contribution in [1.29, 1.82) is 0 Å². The monoisotopic (exact) mass is 284 g/mol. The smallest absolute Gasteiger partial charge is 0.243 e. The number of carbonyl (C=O) groups is 1. The second-order valence-electron chi connectivity index (χ2n) is 4.66. The molecule has 0 fully saturated rings. The van der Waals surface area contributed by atoms with Gasteiger partial charge in [-0.25, -0.2) is 4.99 Å². The van der Waals surface area contributed by atoms with Gasteiger partial charge in [-0.05, 0) is 49.3 Å². The minimum absolute atomic E-state index is 0.282. The van der Waals surface area contributed by atoms with Crippen molar-refractivity contribution in [2.75, 3.05) is 0 Å². The topological polar surface area (TPSA) is 79.3 Å². The zero-order chi connectivity index (χ0) is 15.4. The lowest BCUT2D eigenvalue weighted by atomic mass is 9.98. The van der Waals surface area contributed by atoms with Gasteiger partial charge in [0.05, 0.1) is 5.71 Å². The van der Waals surface area contributed by atoms with Gasteiger partial charge in [0.2, 0.25) is 5.91 Å². The predicted molar refractivity (Wildman–Crippen MR) is 80.2 cm³/mol. The minimum Gasteiger partial charge on any atom is -0.427 e. The summed E-state index contributed by atoms with van der Waals surface area (Å²) < 4.78 is 0.867. The van der Waals surface area contributed by atoms with Crippen LogP contribution in [0.25, 0.3) is 0 Å². The van der Waals surface area contributed by atoms with Crippen molar-refractivity contribution < 1.29 is 10.0 Å². The van der Waals surface area contributed by atoms with Crippen LogP contribution in [-0.4, -0.2) is 27.3 Å². The van der Waals surface area contributed by atoms with Crippen LogP contribution in [0.5, 0.6) is 0 Å². The average molecular weight is 284 g/mol. The summed E-state index contributed by atoms with van der Waals surface area (Å²) in [6, 6.07) is 5.03. The van der Waals surface area contributed by atoms with E-state index in [0.717, 1.165) is 15.9 Å². The number of nitrogens with zero attached hydrogens (tertiary/aromatic N) is 4. The highest BCUT2D eigenvalue weighted by molar-refractivity contribution is 6.52. The quantitative estimate of drug-likeness (QED) is 0.485. The van der Waals surface area contributed by atoms with Gasteiger partial charge in [-0.15, -0.1) is 10.2 Å². The Morgan fingerprint density at radius 3 is 2.38 bits per heavy atom. The molecule has 0 atom stereocenters. The highest BCUT2D eigenvalue weighted by atomic mass is 16.5. The third kappa shape index (κ3) is 3.62. The van der Waals surface area contributed by atoms with Crippen LogP contribution in [0.15, 0.2) is 62.9 Å². The molecule has 108 valence electrons. The van der Waals surface area contributed by atoms with E-state index < -0.39 is 0 Å². The van der Waals surface area contributed by atoms with Crippen molar-refractivity contribution in [3.8, 4) is 0 Å². The van der Waals surface area contributed by atoms with Crippen LogP contribution in [0.2, 0.25) is 0 Å². The maximum Gasteiger partial charge on any atom is 0.243 e. The van der Waals surface area contributed by atoms with Gasteiger partial charge >= 0.3 is 0 Å². The molecule has 1 aromatic rings. The summed E-state index contributed by atoms with van der Waals surface area (Å²) in [4.78, 5) is 15.1. The molecule has 6 heteroatoms. The van der Waals surface area contributed by atoms with Gasteiger partial charge in [-0.2, -0.15) is 4.73 Å². The fraction of sp³-hybridized carbons (Fsp3) is 0.200. The Labute approximate surface area is 122 Å². The molecule has 21 heavy (non-hydrogen) atoms. The molecule has 1 aliphatic rings. The van der Waals surface area contributed by atoms with E-state index in [9.17, 15) is 10.0 Å². The van der Waals surface area contributed by atoms with Gasteiger partial charge in [0.25, 0.3) is 0 Å². The molecule has 0 unspecified atom stereocenters. The van der Waals surface area contributed by atoms with E-state index in [4.69, 9.17) is 0 Å². The lowest BCUT2D eigenvalue weighted by Crippen LogP contribution is -2.19. The average Bonchev–Trinajstić information content (AvgIpc) is 2.42. The first-order valence-electron chi connectivity index (χ1n) is 6.42. The zero-order valence-electron chi connectivity index (χ0n) is 12.1. The largest absolute Gasteiger partial charge is 0.427 e. The van der Waals surface area contributed by atoms with Gasteiger partial charge in [-0.3, -0.25) is 4.79 Å². The number of allylic oxidation sites excluding steroid dienone is 4. The Balaban J connectivity index is 2.50. The van der Waals surface area contributed by atoms with Crippen molar-refractivity contribution >= 4 is 17.3 Å². The molecule has 6 nitrogen and oxygen atoms in total. The van der Waals surface area contributed by atoms with Gasteiger partial charge in [0, 0.05) is 13.1 Å². The highest BCUT2D eigenvalue weighted by Gasteiger charge is 2.13. The van der Waals surface area contributed by atoms with E-state index >= 15 is 0 Å². The van der Waals surface area contributed by atoms with Gasteiger partial charge in [-0.1, -0.05) is 6.07 Å². The summed E-state index contributed by atoms with van der Waals surface area (Å²) in [6.07, 6.45) is 5.06. The van der Waals surface area contributed by atoms with Crippen LogP contribution in [0.1, 0.15) is 20.8 Å². The maximum atomic E-state index is 11.2. The minimum atomic E-state index is -0.299. The first kappa shape index (κ1) is 14.6. The lowest BCUT2D eigenvalue weighted by molar-refractivity contribution is -0.115. The SMILES string of the molecule is CC(=O)N=C1C=C(C)C(C)=CC1=NN=c1ccccn1O. The number of carbonyl (C=O) groups excluding carboxylic acids is 1. The van der Waals surface area contributed by atoms with Crippen molar-refractivity contribution in [3.63, 3.8) is 0 Å². The van der Waals surface area contributed by atoms with Gasteiger partial charge in [0.15, 0.2) is 5.49 Å². The molecule has 1 aliphatic carbocycles. The fourth-order valence-electron chi connectivity index (χ4n) is 1.73. The Bertz CT molecular complexity index is 764. The van der Waals surface area contributed by atoms with Crippen LogP contribution >= 0.6 is 0 Å². The van der Waals surface area contributed by atoms with Crippen LogP contribution < -0.4 is 5.49 Å². The number of pyridine rings is 1. The van der Waals surface area contributed by atoms with E-state index in [1.165, 1.54) is 13.1 Å². The van der Waals surface area contributed by atoms with E-state index in [-0.39, 0.29) is 11.4 Å². The molecule has 1 heterocycles. The Morgan fingerprint density at radius 1 is 1.10 bits per heavy atom. The molecule has 0 bridgehead atoms. The molecular weight excluding hydrogens is 268 g/mol. The van der Waals surface area contributed by atoms with E-state index in [1.807, 2.05) is 19.9 Å². The maximum absolute atomic E-state index is 11.2. The third-order valence-corrected chi connectivity index (χ3v) is 2.95. The summed E-state index contributed by atoms with van der Waals surface area (Å²) >= 11 is 0. The van der Waals surface area contributed by atoms with Crippen LogP contribution in [0.4, 0.5) is 0 Å². The highest BCUT2D eigenvalue weighted by Crippen LogP contribution is 2.15. The molecule has 0 radical (unpaired) electrons. The van der Waals surface area contributed by atoms with Crippen LogP contribution in [0.3, 0.4) is 0 Å².